The number of benzene rings is 3. The second-order valence-electron chi connectivity index (χ2n) is 6.62. The summed E-state index contributed by atoms with van der Waals surface area (Å²) in [6.07, 6.45) is 1.39. The van der Waals surface area contributed by atoms with Gasteiger partial charge < -0.3 is 9.47 Å². The lowest BCUT2D eigenvalue weighted by atomic mass is 9.94. The topological polar surface area (TPSA) is 52.6 Å². The minimum absolute atomic E-state index is 0.204. The Bertz CT molecular complexity index is 1120. The Kier molecular flexibility index (Phi) is 5.88. The SMILES string of the molecule is COc1cc(Cc2cc(F)cc(F)c2)c(-c2ccc(S(C)(=O)=O)cc2)cc1OC. The van der Waals surface area contributed by atoms with Crippen molar-refractivity contribution in [2.75, 3.05) is 20.5 Å². The molecule has 0 atom stereocenters. The maximum Gasteiger partial charge on any atom is 0.175 e. The Morgan fingerprint density at radius 1 is 0.828 bits per heavy atom. The molecule has 0 bridgehead atoms. The molecule has 0 spiro atoms. The first-order valence-corrected chi connectivity index (χ1v) is 10.6. The molecule has 0 aliphatic heterocycles. The Labute approximate surface area is 168 Å². The molecular weight excluding hydrogens is 398 g/mol. The number of methoxy groups -OCH3 is 2. The molecule has 0 aliphatic rings. The predicted molar refractivity (Wildman–Crippen MR) is 107 cm³/mol. The first-order valence-electron chi connectivity index (χ1n) is 8.71. The highest BCUT2D eigenvalue weighted by Gasteiger charge is 2.15. The standard InChI is InChI=1S/C22H20F2O4S/c1-27-21-11-16(8-14-9-17(23)12-18(24)10-14)20(13-22(21)28-2)15-4-6-19(7-5-15)29(3,25)26/h4-7,9-13H,8H2,1-3H3. The fraction of sp³-hybridized carbons (Fsp3) is 0.182. The molecule has 3 aromatic rings. The van der Waals surface area contributed by atoms with Crippen LogP contribution < -0.4 is 9.47 Å². The number of ether oxygens (including phenoxy) is 2. The summed E-state index contributed by atoms with van der Waals surface area (Å²) < 4.78 is 61.5. The van der Waals surface area contributed by atoms with E-state index in [9.17, 15) is 17.2 Å². The zero-order valence-electron chi connectivity index (χ0n) is 16.2. The van der Waals surface area contributed by atoms with Crippen LogP contribution in [-0.4, -0.2) is 28.9 Å². The molecular formula is C22H20F2O4S. The zero-order chi connectivity index (χ0) is 21.2. The molecule has 0 saturated carbocycles. The summed E-state index contributed by atoms with van der Waals surface area (Å²) in [6, 6.07) is 13.3. The van der Waals surface area contributed by atoms with Gasteiger partial charge in [-0.2, -0.15) is 0 Å². The van der Waals surface area contributed by atoms with Gasteiger partial charge >= 0.3 is 0 Å². The lowest BCUT2D eigenvalue weighted by Crippen LogP contribution is -1.99. The van der Waals surface area contributed by atoms with Crippen molar-refractivity contribution in [2.45, 2.75) is 11.3 Å². The van der Waals surface area contributed by atoms with Gasteiger partial charge in [-0.05, 0) is 65.1 Å². The second kappa shape index (κ2) is 8.21. The maximum atomic E-state index is 13.6. The molecule has 0 aromatic heterocycles. The van der Waals surface area contributed by atoms with Gasteiger partial charge in [0.1, 0.15) is 11.6 Å². The van der Waals surface area contributed by atoms with Crippen molar-refractivity contribution >= 4 is 9.84 Å². The van der Waals surface area contributed by atoms with Crippen LogP contribution in [-0.2, 0) is 16.3 Å². The Hall–Kier alpha value is -2.93. The zero-order valence-corrected chi connectivity index (χ0v) is 17.0. The van der Waals surface area contributed by atoms with E-state index in [1.807, 2.05) is 0 Å². The van der Waals surface area contributed by atoms with E-state index in [0.29, 0.717) is 17.1 Å². The van der Waals surface area contributed by atoms with Crippen molar-refractivity contribution in [2.24, 2.45) is 0 Å². The fourth-order valence-electron chi connectivity index (χ4n) is 3.15. The van der Waals surface area contributed by atoms with Crippen LogP contribution >= 0.6 is 0 Å². The van der Waals surface area contributed by atoms with Gasteiger partial charge in [-0.15, -0.1) is 0 Å². The highest BCUT2D eigenvalue weighted by molar-refractivity contribution is 7.90. The summed E-state index contributed by atoms with van der Waals surface area (Å²) in [5.41, 5.74) is 2.70. The molecule has 0 N–H and O–H groups in total. The summed E-state index contributed by atoms with van der Waals surface area (Å²) in [5.74, 6) is -0.334. The van der Waals surface area contributed by atoms with E-state index in [0.717, 1.165) is 29.0 Å². The highest BCUT2D eigenvalue weighted by atomic mass is 32.2. The van der Waals surface area contributed by atoms with E-state index in [2.05, 4.69) is 0 Å². The predicted octanol–water partition coefficient (Wildman–Crippen LogP) is 4.64. The largest absolute Gasteiger partial charge is 0.493 e. The van der Waals surface area contributed by atoms with Crippen LogP contribution in [0.2, 0.25) is 0 Å². The van der Waals surface area contributed by atoms with E-state index < -0.39 is 21.5 Å². The minimum Gasteiger partial charge on any atom is -0.493 e. The molecule has 3 aromatic carbocycles. The van der Waals surface area contributed by atoms with Crippen LogP contribution in [0.3, 0.4) is 0 Å². The number of rotatable bonds is 6. The van der Waals surface area contributed by atoms with Crippen LogP contribution in [0.15, 0.2) is 59.5 Å². The van der Waals surface area contributed by atoms with Gasteiger partial charge in [-0.1, -0.05) is 12.1 Å². The van der Waals surface area contributed by atoms with Gasteiger partial charge in [-0.25, -0.2) is 17.2 Å². The second-order valence-corrected chi connectivity index (χ2v) is 8.63. The normalized spacial score (nSPS) is 11.3. The highest BCUT2D eigenvalue weighted by Crippen LogP contribution is 2.37. The third-order valence-corrected chi connectivity index (χ3v) is 5.65. The van der Waals surface area contributed by atoms with Crippen LogP contribution in [0.25, 0.3) is 11.1 Å². The third kappa shape index (κ3) is 4.74. The molecule has 29 heavy (non-hydrogen) atoms. The van der Waals surface area contributed by atoms with Crippen LogP contribution in [0, 0.1) is 11.6 Å². The molecule has 0 amide bonds. The first-order chi connectivity index (χ1) is 13.7. The Morgan fingerprint density at radius 3 is 1.90 bits per heavy atom. The Balaban J connectivity index is 2.13. The van der Waals surface area contributed by atoms with Crippen molar-refractivity contribution in [3.63, 3.8) is 0 Å². The van der Waals surface area contributed by atoms with Gasteiger partial charge in [0.25, 0.3) is 0 Å². The summed E-state index contributed by atoms with van der Waals surface area (Å²) in [5, 5.41) is 0. The molecule has 7 heteroatoms. The van der Waals surface area contributed by atoms with Crippen molar-refractivity contribution in [1.82, 2.24) is 0 Å². The van der Waals surface area contributed by atoms with Gasteiger partial charge in [0.2, 0.25) is 0 Å². The average Bonchev–Trinajstić information content (AvgIpc) is 2.66. The summed E-state index contributed by atoms with van der Waals surface area (Å²) >= 11 is 0. The number of hydrogen-bond acceptors (Lipinski definition) is 4. The average molecular weight is 418 g/mol. The number of sulfone groups is 1. The molecule has 3 rings (SSSR count). The van der Waals surface area contributed by atoms with Crippen molar-refractivity contribution in [1.29, 1.82) is 0 Å². The van der Waals surface area contributed by atoms with E-state index in [1.54, 1.807) is 24.3 Å². The van der Waals surface area contributed by atoms with E-state index in [4.69, 9.17) is 9.47 Å². The monoisotopic (exact) mass is 418 g/mol. The minimum atomic E-state index is -3.32. The quantitative estimate of drug-likeness (QED) is 0.585. The lowest BCUT2D eigenvalue weighted by Gasteiger charge is -2.16. The molecule has 4 nitrogen and oxygen atoms in total. The number of hydrogen-bond donors (Lipinski definition) is 0. The summed E-state index contributed by atoms with van der Waals surface area (Å²) in [6.45, 7) is 0. The van der Waals surface area contributed by atoms with Crippen molar-refractivity contribution in [3.05, 3.63) is 77.4 Å². The first kappa shape index (κ1) is 20.8. The molecule has 0 heterocycles. The summed E-state index contributed by atoms with van der Waals surface area (Å²) in [4.78, 5) is 0.204. The van der Waals surface area contributed by atoms with E-state index in [-0.39, 0.29) is 11.3 Å². The third-order valence-electron chi connectivity index (χ3n) is 4.52. The lowest BCUT2D eigenvalue weighted by molar-refractivity contribution is 0.355. The van der Waals surface area contributed by atoms with E-state index in [1.165, 1.54) is 38.5 Å². The van der Waals surface area contributed by atoms with Crippen LogP contribution in [0.4, 0.5) is 8.78 Å². The van der Waals surface area contributed by atoms with Gasteiger partial charge in [0, 0.05) is 12.3 Å². The van der Waals surface area contributed by atoms with Crippen LogP contribution in [0.5, 0.6) is 11.5 Å². The molecule has 152 valence electrons. The molecule has 0 radical (unpaired) electrons. The van der Waals surface area contributed by atoms with Crippen molar-refractivity contribution in [3.8, 4) is 22.6 Å². The van der Waals surface area contributed by atoms with Crippen LogP contribution in [0.1, 0.15) is 11.1 Å². The fourth-order valence-corrected chi connectivity index (χ4v) is 3.78. The van der Waals surface area contributed by atoms with Gasteiger partial charge in [0.05, 0.1) is 19.1 Å². The van der Waals surface area contributed by atoms with E-state index >= 15 is 0 Å². The number of halogens is 2. The molecule has 0 unspecified atom stereocenters. The van der Waals surface area contributed by atoms with Gasteiger partial charge in [-0.3, -0.25) is 0 Å². The molecule has 0 fully saturated rings. The van der Waals surface area contributed by atoms with Gasteiger partial charge in [0.15, 0.2) is 21.3 Å². The maximum absolute atomic E-state index is 13.6. The van der Waals surface area contributed by atoms with Crippen molar-refractivity contribution < 1.29 is 26.7 Å². The summed E-state index contributed by atoms with van der Waals surface area (Å²) in [7, 11) is -0.308. The Morgan fingerprint density at radius 2 is 1.38 bits per heavy atom. The molecule has 0 saturated heterocycles. The smallest absolute Gasteiger partial charge is 0.175 e. The molecule has 0 aliphatic carbocycles.